The summed E-state index contributed by atoms with van der Waals surface area (Å²) in [4.78, 5) is 3.84. The Balaban J connectivity index is 3.09. The van der Waals surface area contributed by atoms with Crippen molar-refractivity contribution in [3.63, 3.8) is 0 Å². The van der Waals surface area contributed by atoms with E-state index in [-0.39, 0.29) is 5.90 Å². The molecule has 3 nitrogen and oxygen atoms in total. The van der Waals surface area contributed by atoms with Gasteiger partial charge in [0.15, 0.2) is 0 Å². The van der Waals surface area contributed by atoms with Gasteiger partial charge in [-0.3, -0.25) is 5.41 Å². The Morgan fingerprint density at radius 2 is 2.25 bits per heavy atom. The normalized spacial score (nSPS) is 9.58. The van der Waals surface area contributed by atoms with Crippen LogP contribution in [0.2, 0.25) is 10.0 Å². The fraction of sp³-hybridized carbons (Fsp3) is 0.143. The number of nitrogens with one attached hydrogen (secondary N) is 1. The molecule has 0 radical (unpaired) electrons. The van der Waals surface area contributed by atoms with Gasteiger partial charge in [0.2, 0.25) is 5.90 Å². The van der Waals surface area contributed by atoms with Crippen LogP contribution in [0.5, 0.6) is 0 Å². The second-order valence-corrected chi connectivity index (χ2v) is 2.86. The van der Waals surface area contributed by atoms with Crippen molar-refractivity contribution in [1.29, 1.82) is 5.41 Å². The van der Waals surface area contributed by atoms with Crippen molar-refractivity contribution in [3.8, 4) is 0 Å². The third-order valence-electron chi connectivity index (χ3n) is 1.23. The van der Waals surface area contributed by atoms with Gasteiger partial charge in [0, 0.05) is 6.20 Å². The molecule has 0 spiro atoms. The van der Waals surface area contributed by atoms with Crippen molar-refractivity contribution in [2.45, 2.75) is 0 Å². The summed E-state index contributed by atoms with van der Waals surface area (Å²) < 4.78 is 4.65. The predicted octanol–water partition coefficient (Wildman–Crippen LogP) is 2.36. The first-order valence-corrected chi connectivity index (χ1v) is 3.84. The van der Waals surface area contributed by atoms with E-state index in [1.165, 1.54) is 19.4 Å². The lowest BCUT2D eigenvalue weighted by Gasteiger charge is -2.02. The smallest absolute Gasteiger partial charge is 0.233 e. The minimum atomic E-state index is -0.0725. The number of nitrogens with zero attached hydrogens (tertiary/aromatic N) is 1. The summed E-state index contributed by atoms with van der Waals surface area (Å²) in [6.07, 6.45) is 1.41. The minimum absolute atomic E-state index is 0.0725. The van der Waals surface area contributed by atoms with E-state index in [1.54, 1.807) is 0 Å². The van der Waals surface area contributed by atoms with Gasteiger partial charge in [-0.05, 0) is 6.07 Å². The van der Waals surface area contributed by atoms with Crippen LogP contribution >= 0.6 is 23.2 Å². The monoisotopic (exact) mass is 204 g/mol. The molecular weight excluding hydrogens is 199 g/mol. The van der Waals surface area contributed by atoms with Gasteiger partial charge in [-0.15, -0.1) is 0 Å². The first-order chi connectivity index (χ1) is 5.65. The highest BCUT2D eigenvalue weighted by Gasteiger charge is 2.08. The Morgan fingerprint density at radius 3 is 2.75 bits per heavy atom. The summed E-state index contributed by atoms with van der Waals surface area (Å²) in [5.41, 5.74) is 0.295. The van der Waals surface area contributed by atoms with Crippen LogP contribution in [0.4, 0.5) is 0 Å². The zero-order valence-electron chi connectivity index (χ0n) is 6.27. The second-order valence-electron chi connectivity index (χ2n) is 2.02. The lowest BCUT2D eigenvalue weighted by Crippen LogP contribution is -2.04. The van der Waals surface area contributed by atoms with E-state index < -0.39 is 0 Å². The lowest BCUT2D eigenvalue weighted by molar-refractivity contribution is 0.399. The largest absolute Gasteiger partial charge is 0.480 e. The number of rotatable bonds is 1. The zero-order chi connectivity index (χ0) is 9.14. The summed E-state index contributed by atoms with van der Waals surface area (Å²) >= 11 is 11.3. The number of aromatic nitrogens is 1. The zero-order valence-corrected chi connectivity index (χ0v) is 7.78. The Hall–Kier alpha value is -0.800. The number of pyridine rings is 1. The van der Waals surface area contributed by atoms with Crippen molar-refractivity contribution in [1.82, 2.24) is 4.98 Å². The minimum Gasteiger partial charge on any atom is -0.480 e. The molecule has 12 heavy (non-hydrogen) atoms. The molecule has 0 saturated heterocycles. The molecule has 64 valence electrons. The quantitative estimate of drug-likeness (QED) is 0.564. The Bertz CT molecular complexity index is 314. The van der Waals surface area contributed by atoms with Crippen LogP contribution in [0.15, 0.2) is 12.3 Å². The van der Waals surface area contributed by atoms with Crippen molar-refractivity contribution in [3.05, 3.63) is 28.0 Å². The van der Waals surface area contributed by atoms with Gasteiger partial charge in [0.05, 0.1) is 17.2 Å². The first kappa shape index (κ1) is 9.29. The molecule has 0 aliphatic rings. The third-order valence-corrected chi connectivity index (χ3v) is 1.72. The van der Waals surface area contributed by atoms with Gasteiger partial charge in [-0.25, -0.2) is 4.98 Å². The molecular formula is C7H6Cl2N2O. The third kappa shape index (κ3) is 1.87. The highest BCUT2D eigenvalue weighted by atomic mass is 35.5. The van der Waals surface area contributed by atoms with E-state index >= 15 is 0 Å². The van der Waals surface area contributed by atoms with E-state index in [2.05, 4.69) is 9.72 Å². The van der Waals surface area contributed by atoms with E-state index in [1.807, 2.05) is 0 Å². The van der Waals surface area contributed by atoms with Crippen LogP contribution in [-0.2, 0) is 4.74 Å². The Labute approximate surface area is 79.8 Å². The second kappa shape index (κ2) is 3.74. The predicted molar refractivity (Wildman–Crippen MR) is 48.1 cm³/mol. The molecule has 0 aromatic carbocycles. The van der Waals surface area contributed by atoms with Crippen molar-refractivity contribution in [2.75, 3.05) is 7.11 Å². The Kier molecular flexibility index (Phi) is 2.89. The van der Waals surface area contributed by atoms with Gasteiger partial charge >= 0.3 is 0 Å². The molecule has 0 saturated carbocycles. The van der Waals surface area contributed by atoms with Crippen LogP contribution in [0.25, 0.3) is 0 Å². The summed E-state index contributed by atoms with van der Waals surface area (Å²) in [5, 5.41) is 8.03. The summed E-state index contributed by atoms with van der Waals surface area (Å²) in [6.45, 7) is 0. The van der Waals surface area contributed by atoms with Crippen molar-refractivity contribution in [2.24, 2.45) is 0 Å². The molecule has 0 fully saturated rings. The van der Waals surface area contributed by atoms with E-state index in [0.717, 1.165) is 0 Å². The maximum absolute atomic E-state index is 7.28. The summed E-state index contributed by atoms with van der Waals surface area (Å²) in [7, 11) is 1.38. The number of hydrogen-bond donors (Lipinski definition) is 1. The average molecular weight is 205 g/mol. The highest BCUT2D eigenvalue weighted by molar-refractivity contribution is 6.36. The van der Waals surface area contributed by atoms with Gasteiger partial charge < -0.3 is 4.74 Å². The molecule has 1 aromatic rings. The van der Waals surface area contributed by atoms with Crippen LogP contribution in [-0.4, -0.2) is 18.0 Å². The molecule has 1 rings (SSSR count). The topological polar surface area (TPSA) is 46.0 Å². The number of ether oxygens (including phenoxy) is 1. The fourth-order valence-electron chi connectivity index (χ4n) is 0.678. The molecule has 1 heterocycles. The number of halogens is 2. The van der Waals surface area contributed by atoms with Gasteiger partial charge in [0.25, 0.3) is 0 Å². The molecule has 1 N–H and O–H groups in total. The van der Waals surface area contributed by atoms with Crippen LogP contribution < -0.4 is 0 Å². The first-order valence-electron chi connectivity index (χ1n) is 3.09. The molecule has 0 aliphatic carbocycles. The maximum atomic E-state index is 7.28. The molecule has 0 bridgehead atoms. The van der Waals surface area contributed by atoms with Crippen molar-refractivity contribution < 1.29 is 4.74 Å². The Morgan fingerprint density at radius 1 is 1.58 bits per heavy atom. The highest BCUT2D eigenvalue weighted by Crippen LogP contribution is 2.18. The summed E-state index contributed by atoms with van der Waals surface area (Å²) in [6, 6.07) is 1.51. The maximum Gasteiger partial charge on any atom is 0.233 e. The standard InChI is InChI=1S/C7H6Cl2N2O/c1-12-7(10)6-5(9)2-4(8)3-11-6/h2-3,10H,1H3. The van der Waals surface area contributed by atoms with E-state index in [9.17, 15) is 0 Å². The summed E-state index contributed by atoms with van der Waals surface area (Å²) in [5.74, 6) is -0.0725. The van der Waals surface area contributed by atoms with E-state index in [0.29, 0.717) is 15.7 Å². The molecule has 0 atom stereocenters. The van der Waals surface area contributed by atoms with Crippen molar-refractivity contribution >= 4 is 29.1 Å². The number of hydrogen-bond acceptors (Lipinski definition) is 3. The molecule has 5 heteroatoms. The van der Waals surface area contributed by atoms with E-state index in [4.69, 9.17) is 28.6 Å². The fourth-order valence-corrected chi connectivity index (χ4v) is 1.14. The van der Waals surface area contributed by atoms with Gasteiger partial charge in [0.1, 0.15) is 5.69 Å². The van der Waals surface area contributed by atoms with Crippen LogP contribution in [0, 0.1) is 5.41 Å². The lowest BCUT2D eigenvalue weighted by atomic mass is 10.3. The molecule has 1 aromatic heterocycles. The van der Waals surface area contributed by atoms with Gasteiger partial charge in [-0.1, -0.05) is 23.2 Å². The van der Waals surface area contributed by atoms with Gasteiger partial charge in [-0.2, -0.15) is 0 Å². The average Bonchev–Trinajstić information content (AvgIpc) is 2.03. The molecule has 0 unspecified atom stereocenters. The molecule has 0 aliphatic heterocycles. The van der Waals surface area contributed by atoms with Crippen LogP contribution in [0.1, 0.15) is 5.69 Å². The number of methoxy groups -OCH3 is 1. The molecule has 0 amide bonds. The van der Waals surface area contributed by atoms with Crippen LogP contribution in [0.3, 0.4) is 0 Å². The SMILES string of the molecule is COC(=N)c1ncc(Cl)cc1Cl.